The smallest absolute Gasteiger partial charge is 0.0540 e. The summed E-state index contributed by atoms with van der Waals surface area (Å²) in [4.78, 5) is 3.81. The Morgan fingerprint density at radius 1 is 0.375 bits per heavy atom. The van der Waals surface area contributed by atoms with Gasteiger partial charge in [0.15, 0.2) is 0 Å². The Labute approximate surface area is 332 Å². The summed E-state index contributed by atoms with van der Waals surface area (Å²) in [6, 6.07) is 69.1. The first-order chi connectivity index (χ1) is 27.8. The Bertz CT molecular complexity index is 2890. The molecule has 1 nitrogen and oxygen atoms in total. The molecule has 0 bridgehead atoms. The van der Waals surface area contributed by atoms with E-state index in [1.807, 2.05) is 11.8 Å². The molecule has 0 amide bonds. The van der Waals surface area contributed by atoms with Crippen molar-refractivity contribution in [2.24, 2.45) is 0 Å². The molecule has 9 aromatic carbocycles. The zero-order chi connectivity index (χ0) is 37.3. The van der Waals surface area contributed by atoms with E-state index in [1.54, 1.807) is 0 Å². The molecule has 9 aromatic rings. The van der Waals surface area contributed by atoms with E-state index in [9.17, 15) is 0 Å². The van der Waals surface area contributed by atoms with Crippen molar-refractivity contribution in [3.05, 3.63) is 218 Å². The summed E-state index contributed by atoms with van der Waals surface area (Å²) in [5, 5.41) is 7.61. The highest BCUT2D eigenvalue weighted by Gasteiger charge is 2.21. The van der Waals surface area contributed by atoms with Crippen molar-refractivity contribution in [3.8, 4) is 33.4 Å². The maximum Gasteiger partial charge on any atom is 0.0540 e. The minimum atomic E-state index is 0.919. The average Bonchev–Trinajstić information content (AvgIpc) is 3.40. The number of allylic oxidation sites excluding steroid dienone is 3. The van der Waals surface area contributed by atoms with Gasteiger partial charge in [-0.2, -0.15) is 0 Å². The summed E-state index contributed by atoms with van der Waals surface area (Å²) in [7, 11) is 0. The van der Waals surface area contributed by atoms with Gasteiger partial charge in [0.1, 0.15) is 0 Å². The van der Waals surface area contributed by atoms with Crippen LogP contribution in [0.3, 0.4) is 0 Å². The number of fused-ring (bicyclic) bond motifs is 7. The minimum absolute atomic E-state index is 0.919. The average molecular weight is 734 g/mol. The van der Waals surface area contributed by atoms with Crippen LogP contribution in [0.25, 0.3) is 65.7 Å². The fourth-order valence-electron chi connectivity index (χ4n) is 8.33. The summed E-state index contributed by atoms with van der Waals surface area (Å²) in [6.45, 7) is 0. The van der Waals surface area contributed by atoms with Crippen molar-refractivity contribution < 1.29 is 0 Å². The standard InChI is InChI=1S/C54H39NS/c1-2-14-35-56-54-41(20-5-1)21-15-26-45(54)42-29-34-53(51(36-42)40-18-8-4-9-19-40)55(43-30-27-39(28-31-43)38-16-6-3-7-17-38)44-32-33-50-48-24-11-10-22-46(48)47-23-12-13-25-49(47)52(50)37-44/h1-19,21-34,36-37H,20,35H2/b5-1-,14-2-. The van der Waals surface area contributed by atoms with Crippen LogP contribution in [0.5, 0.6) is 0 Å². The SMILES string of the molecule is C1=C\CSc2c(cccc2-c2ccc(N(c3ccc(-c4ccccc4)cc3)c3ccc4c5ccccc5c5ccccc5c4c3)c(-c3ccccc3)c2)C\C=C/1. The van der Waals surface area contributed by atoms with Crippen LogP contribution in [-0.4, -0.2) is 5.75 Å². The van der Waals surface area contributed by atoms with Gasteiger partial charge >= 0.3 is 0 Å². The molecule has 0 atom stereocenters. The lowest BCUT2D eigenvalue weighted by Gasteiger charge is -2.29. The quantitative estimate of drug-likeness (QED) is 0.157. The van der Waals surface area contributed by atoms with Gasteiger partial charge in [-0.1, -0.05) is 176 Å². The van der Waals surface area contributed by atoms with E-state index in [4.69, 9.17) is 0 Å². The molecule has 10 rings (SSSR count). The molecule has 1 aliphatic heterocycles. The summed E-state index contributed by atoms with van der Waals surface area (Å²) >= 11 is 1.93. The van der Waals surface area contributed by atoms with Crippen LogP contribution in [0.2, 0.25) is 0 Å². The zero-order valence-corrected chi connectivity index (χ0v) is 31.8. The van der Waals surface area contributed by atoms with Crippen LogP contribution in [0.1, 0.15) is 5.56 Å². The highest BCUT2D eigenvalue weighted by Crippen LogP contribution is 2.46. The van der Waals surface area contributed by atoms with Crippen LogP contribution >= 0.6 is 11.8 Å². The highest BCUT2D eigenvalue weighted by atomic mass is 32.2. The number of rotatable bonds is 6. The van der Waals surface area contributed by atoms with E-state index < -0.39 is 0 Å². The van der Waals surface area contributed by atoms with E-state index in [1.165, 1.54) is 76.2 Å². The third kappa shape index (κ3) is 6.28. The molecule has 0 aromatic heterocycles. The Morgan fingerprint density at radius 3 is 1.66 bits per heavy atom. The summed E-state index contributed by atoms with van der Waals surface area (Å²) in [6.07, 6.45) is 9.77. The normalized spacial score (nSPS) is 13.8. The van der Waals surface area contributed by atoms with Crippen LogP contribution in [0.15, 0.2) is 217 Å². The number of benzene rings is 9. The Kier molecular flexibility index (Phi) is 9.03. The van der Waals surface area contributed by atoms with Crippen LogP contribution < -0.4 is 4.90 Å². The molecule has 0 aliphatic carbocycles. The number of hydrogen-bond acceptors (Lipinski definition) is 2. The molecule has 0 radical (unpaired) electrons. The fraction of sp³-hybridized carbons (Fsp3) is 0.0370. The van der Waals surface area contributed by atoms with Crippen LogP contribution in [0.4, 0.5) is 17.1 Å². The molecule has 0 spiro atoms. The van der Waals surface area contributed by atoms with Gasteiger partial charge in [-0.15, -0.1) is 11.8 Å². The summed E-state index contributed by atoms with van der Waals surface area (Å²) in [5.74, 6) is 0.941. The van der Waals surface area contributed by atoms with Crippen LogP contribution in [0, 0.1) is 0 Å². The van der Waals surface area contributed by atoms with Gasteiger partial charge in [-0.25, -0.2) is 0 Å². The lowest BCUT2D eigenvalue weighted by molar-refractivity contribution is 1.18. The highest BCUT2D eigenvalue weighted by molar-refractivity contribution is 7.99. The van der Waals surface area contributed by atoms with Gasteiger partial charge < -0.3 is 4.90 Å². The Morgan fingerprint density at radius 2 is 0.946 bits per heavy atom. The lowest BCUT2D eigenvalue weighted by atomic mass is 9.93. The summed E-state index contributed by atoms with van der Waals surface area (Å²) in [5.41, 5.74) is 12.0. The van der Waals surface area contributed by atoms with E-state index in [-0.39, 0.29) is 0 Å². The van der Waals surface area contributed by atoms with Crippen molar-refractivity contribution in [1.82, 2.24) is 0 Å². The van der Waals surface area contributed by atoms with Crippen molar-refractivity contribution in [2.75, 3.05) is 10.7 Å². The second kappa shape index (κ2) is 14.9. The number of anilines is 3. The first-order valence-electron chi connectivity index (χ1n) is 19.4. The molecular weight excluding hydrogens is 695 g/mol. The van der Waals surface area contributed by atoms with E-state index in [2.05, 4.69) is 217 Å². The lowest BCUT2D eigenvalue weighted by Crippen LogP contribution is -2.11. The molecular formula is C54H39NS. The fourth-order valence-corrected chi connectivity index (χ4v) is 9.38. The predicted molar refractivity (Wildman–Crippen MR) is 243 cm³/mol. The molecule has 1 heterocycles. The van der Waals surface area contributed by atoms with Gasteiger partial charge in [-0.05, 0) is 109 Å². The maximum absolute atomic E-state index is 2.45. The molecule has 266 valence electrons. The molecule has 56 heavy (non-hydrogen) atoms. The van der Waals surface area contributed by atoms with Gasteiger partial charge in [0.2, 0.25) is 0 Å². The van der Waals surface area contributed by atoms with Gasteiger partial charge in [-0.3, -0.25) is 0 Å². The van der Waals surface area contributed by atoms with Gasteiger partial charge in [0, 0.05) is 27.6 Å². The first-order valence-corrected chi connectivity index (χ1v) is 20.3. The number of hydrogen-bond donors (Lipinski definition) is 0. The molecule has 0 N–H and O–H groups in total. The first kappa shape index (κ1) is 33.9. The maximum atomic E-state index is 2.45. The number of nitrogens with zero attached hydrogens (tertiary/aromatic N) is 1. The molecule has 2 heteroatoms. The Hall–Kier alpha value is -6.61. The van der Waals surface area contributed by atoms with Crippen LogP contribution in [-0.2, 0) is 6.42 Å². The van der Waals surface area contributed by atoms with Crippen molar-refractivity contribution in [2.45, 2.75) is 11.3 Å². The second-order valence-electron chi connectivity index (χ2n) is 14.3. The number of thioether (sulfide) groups is 1. The molecule has 0 unspecified atom stereocenters. The monoisotopic (exact) mass is 733 g/mol. The molecule has 0 fully saturated rings. The predicted octanol–water partition coefficient (Wildman–Crippen LogP) is 15.4. The van der Waals surface area contributed by atoms with Crippen molar-refractivity contribution >= 4 is 61.1 Å². The third-order valence-corrected chi connectivity index (χ3v) is 12.1. The van der Waals surface area contributed by atoms with Gasteiger partial charge in [0.25, 0.3) is 0 Å². The minimum Gasteiger partial charge on any atom is -0.310 e. The summed E-state index contributed by atoms with van der Waals surface area (Å²) < 4.78 is 0. The zero-order valence-electron chi connectivity index (χ0n) is 31.0. The van der Waals surface area contributed by atoms with E-state index in [0.717, 1.165) is 29.2 Å². The van der Waals surface area contributed by atoms with E-state index in [0.29, 0.717) is 0 Å². The second-order valence-corrected chi connectivity index (χ2v) is 15.4. The largest absolute Gasteiger partial charge is 0.310 e. The third-order valence-electron chi connectivity index (χ3n) is 11.0. The van der Waals surface area contributed by atoms with E-state index >= 15 is 0 Å². The van der Waals surface area contributed by atoms with Gasteiger partial charge in [0.05, 0.1) is 5.69 Å². The Balaban J connectivity index is 1.21. The van der Waals surface area contributed by atoms with Crippen molar-refractivity contribution in [1.29, 1.82) is 0 Å². The molecule has 0 saturated carbocycles. The topological polar surface area (TPSA) is 3.24 Å². The molecule has 1 aliphatic rings. The van der Waals surface area contributed by atoms with Crippen molar-refractivity contribution in [3.63, 3.8) is 0 Å². The molecule has 0 saturated heterocycles.